The highest BCUT2D eigenvalue weighted by Gasteiger charge is 2.28. The minimum Gasteiger partial charge on any atom is -0.383 e. The fourth-order valence-electron chi connectivity index (χ4n) is 2.81. The summed E-state index contributed by atoms with van der Waals surface area (Å²) < 4.78 is 5.22. The van der Waals surface area contributed by atoms with E-state index in [0.29, 0.717) is 0 Å². The second-order valence-electron chi connectivity index (χ2n) is 6.34. The monoisotopic (exact) mass is 332 g/mol. The second-order valence-corrected chi connectivity index (χ2v) is 6.34. The molecule has 1 aliphatic rings. The van der Waals surface area contributed by atoms with Gasteiger partial charge in [0.15, 0.2) is 5.96 Å². The molecule has 1 N–H and O–H groups in total. The molecular weight excluding hydrogens is 300 g/mol. The molecule has 134 valence electrons. The van der Waals surface area contributed by atoms with Gasteiger partial charge in [0.05, 0.1) is 13.2 Å². The Morgan fingerprint density at radius 2 is 2.00 bits per heavy atom. The number of guanidine groups is 1. The van der Waals surface area contributed by atoms with Crippen molar-refractivity contribution in [3.8, 4) is 0 Å². The van der Waals surface area contributed by atoms with Crippen LogP contribution in [0.25, 0.3) is 0 Å². The average Bonchev–Trinajstić information content (AvgIpc) is 3.42. The lowest BCUT2D eigenvalue weighted by Gasteiger charge is -2.24. The lowest BCUT2D eigenvalue weighted by molar-refractivity contribution is 0.145. The smallest absolute Gasteiger partial charge is 0.194 e. The standard InChI is InChI=1S/C19H32N4O/c1-4-20-19(22(2)16-17-8-6-5-7-9-17)21-12-13-23(14-15-24-3)18-10-11-18/h5-9,18H,4,10-16H2,1-3H3,(H,20,21). The van der Waals surface area contributed by atoms with Crippen molar-refractivity contribution in [1.82, 2.24) is 15.1 Å². The van der Waals surface area contributed by atoms with Crippen LogP contribution in [0.4, 0.5) is 0 Å². The van der Waals surface area contributed by atoms with Crippen LogP contribution in [0.2, 0.25) is 0 Å². The molecule has 5 heteroatoms. The van der Waals surface area contributed by atoms with Crippen molar-refractivity contribution in [2.24, 2.45) is 4.99 Å². The molecular formula is C19H32N4O. The van der Waals surface area contributed by atoms with E-state index in [1.807, 2.05) is 0 Å². The Labute approximate surface area is 146 Å². The first-order valence-electron chi connectivity index (χ1n) is 9.01. The molecule has 0 atom stereocenters. The Morgan fingerprint density at radius 1 is 1.25 bits per heavy atom. The van der Waals surface area contributed by atoms with Crippen molar-refractivity contribution < 1.29 is 4.74 Å². The van der Waals surface area contributed by atoms with Crippen molar-refractivity contribution >= 4 is 5.96 Å². The van der Waals surface area contributed by atoms with Gasteiger partial charge in [-0.1, -0.05) is 30.3 Å². The number of rotatable bonds is 10. The number of hydrogen-bond donors (Lipinski definition) is 1. The molecule has 24 heavy (non-hydrogen) atoms. The molecule has 1 aromatic carbocycles. The lowest BCUT2D eigenvalue weighted by Crippen LogP contribution is -2.39. The van der Waals surface area contributed by atoms with Crippen LogP contribution in [0.3, 0.4) is 0 Å². The predicted octanol–water partition coefficient (Wildman–Crippen LogP) is 2.19. The van der Waals surface area contributed by atoms with Gasteiger partial charge in [-0.3, -0.25) is 9.89 Å². The molecule has 1 aliphatic carbocycles. The van der Waals surface area contributed by atoms with E-state index in [1.54, 1.807) is 7.11 Å². The van der Waals surface area contributed by atoms with E-state index in [2.05, 4.69) is 59.4 Å². The van der Waals surface area contributed by atoms with Gasteiger partial charge in [0.25, 0.3) is 0 Å². The third kappa shape index (κ3) is 6.49. The molecule has 1 aromatic rings. The Balaban J connectivity index is 1.86. The number of hydrogen-bond acceptors (Lipinski definition) is 3. The zero-order valence-corrected chi connectivity index (χ0v) is 15.4. The normalized spacial score (nSPS) is 14.9. The van der Waals surface area contributed by atoms with Gasteiger partial charge < -0.3 is 15.0 Å². The van der Waals surface area contributed by atoms with Gasteiger partial charge in [-0.25, -0.2) is 0 Å². The lowest BCUT2D eigenvalue weighted by atomic mass is 10.2. The molecule has 0 saturated heterocycles. The Hall–Kier alpha value is -1.59. The van der Waals surface area contributed by atoms with E-state index in [4.69, 9.17) is 9.73 Å². The molecule has 0 spiro atoms. The van der Waals surface area contributed by atoms with Gasteiger partial charge >= 0.3 is 0 Å². The molecule has 1 fully saturated rings. The first kappa shape index (κ1) is 18.7. The summed E-state index contributed by atoms with van der Waals surface area (Å²) in [5.74, 6) is 0.976. The molecule has 0 heterocycles. The molecule has 5 nitrogen and oxygen atoms in total. The maximum atomic E-state index is 5.22. The minimum absolute atomic E-state index is 0.750. The van der Waals surface area contributed by atoms with Crippen LogP contribution in [-0.4, -0.2) is 68.7 Å². The van der Waals surface area contributed by atoms with Crippen LogP contribution < -0.4 is 5.32 Å². The molecule has 1 saturated carbocycles. The number of nitrogens with zero attached hydrogens (tertiary/aromatic N) is 3. The number of methoxy groups -OCH3 is 1. The SMILES string of the molecule is CCNC(=NCCN(CCOC)C1CC1)N(C)Cc1ccccc1. The van der Waals surface area contributed by atoms with E-state index in [9.17, 15) is 0 Å². The third-order valence-corrected chi connectivity index (χ3v) is 4.25. The van der Waals surface area contributed by atoms with Crippen LogP contribution in [0, 0.1) is 0 Å². The maximum Gasteiger partial charge on any atom is 0.194 e. The predicted molar refractivity (Wildman–Crippen MR) is 100 cm³/mol. The highest BCUT2D eigenvalue weighted by molar-refractivity contribution is 5.79. The van der Waals surface area contributed by atoms with Crippen molar-refractivity contribution in [3.63, 3.8) is 0 Å². The molecule has 0 bridgehead atoms. The van der Waals surface area contributed by atoms with Crippen molar-refractivity contribution in [1.29, 1.82) is 0 Å². The van der Waals surface area contributed by atoms with Crippen molar-refractivity contribution in [2.45, 2.75) is 32.4 Å². The summed E-state index contributed by atoms with van der Waals surface area (Å²) in [6.45, 7) is 7.49. The Morgan fingerprint density at radius 3 is 2.62 bits per heavy atom. The molecule has 2 rings (SSSR count). The fraction of sp³-hybridized carbons (Fsp3) is 0.632. The van der Waals surface area contributed by atoms with Crippen LogP contribution in [0.1, 0.15) is 25.3 Å². The van der Waals surface area contributed by atoms with Gasteiger partial charge in [0.2, 0.25) is 0 Å². The van der Waals surface area contributed by atoms with Crippen molar-refractivity contribution in [3.05, 3.63) is 35.9 Å². The highest BCUT2D eigenvalue weighted by atomic mass is 16.5. The molecule has 0 amide bonds. The first-order valence-corrected chi connectivity index (χ1v) is 9.01. The quantitative estimate of drug-likeness (QED) is 0.527. The Kier molecular flexibility index (Phi) is 8.05. The number of benzene rings is 1. The van der Waals surface area contributed by atoms with E-state index < -0.39 is 0 Å². The third-order valence-electron chi connectivity index (χ3n) is 4.25. The number of ether oxygens (including phenoxy) is 1. The summed E-state index contributed by atoms with van der Waals surface area (Å²) in [5.41, 5.74) is 1.30. The zero-order valence-electron chi connectivity index (χ0n) is 15.4. The van der Waals surface area contributed by atoms with E-state index in [1.165, 1.54) is 18.4 Å². The first-order chi connectivity index (χ1) is 11.7. The van der Waals surface area contributed by atoms with E-state index >= 15 is 0 Å². The van der Waals surface area contributed by atoms with Crippen LogP contribution in [0.5, 0.6) is 0 Å². The molecule has 0 aromatic heterocycles. The fourth-order valence-corrected chi connectivity index (χ4v) is 2.81. The molecule has 0 aliphatic heterocycles. The van der Waals surface area contributed by atoms with Gasteiger partial charge in [-0.2, -0.15) is 0 Å². The summed E-state index contributed by atoms with van der Waals surface area (Å²) >= 11 is 0. The molecule has 0 unspecified atom stereocenters. The van der Waals surface area contributed by atoms with Gasteiger partial charge in [-0.15, -0.1) is 0 Å². The summed E-state index contributed by atoms with van der Waals surface area (Å²) in [6.07, 6.45) is 2.64. The van der Waals surface area contributed by atoms with Gasteiger partial charge in [0.1, 0.15) is 0 Å². The average molecular weight is 332 g/mol. The largest absolute Gasteiger partial charge is 0.383 e. The van der Waals surface area contributed by atoms with E-state index in [-0.39, 0.29) is 0 Å². The van der Waals surface area contributed by atoms with E-state index in [0.717, 1.165) is 51.3 Å². The summed E-state index contributed by atoms with van der Waals surface area (Å²) in [6, 6.07) is 11.3. The Bertz CT molecular complexity index is 487. The van der Waals surface area contributed by atoms with Crippen LogP contribution in [0.15, 0.2) is 35.3 Å². The molecule has 0 radical (unpaired) electrons. The summed E-state index contributed by atoms with van der Waals surface area (Å²) in [5, 5.41) is 3.40. The topological polar surface area (TPSA) is 40.1 Å². The minimum atomic E-state index is 0.750. The van der Waals surface area contributed by atoms with Crippen LogP contribution in [-0.2, 0) is 11.3 Å². The van der Waals surface area contributed by atoms with Gasteiger partial charge in [-0.05, 0) is 25.3 Å². The van der Waals surface area contributed by atoms with Crippen LogP contribution >= 0.6 is 0 Å². The highest BCUT2D eigenvalue weighted by Crippen LogP contribution is 2.26. The van der Waals surface area contributed by atoms with Crippen molar-refractivity contribution in [2.75, 3.05) is 46.9 Å². The number of aliphatic imine (C=N–C) groups is 1. The maximum absolute atomic E-state index is 5.22. The summed E-state index contributed by atoms with van der Waals surface area (Å²) in [7, 11) is 3.86. The summed E-state index contributed by atoms with van der Waals surface area (Å²) in [4.78, 5) is 9.51. The zero-order chi connectivity index (χ0) is 17.2. The number of nitrogens with one attached hydrogen (secondary N) is 1. The second kappa shape index (κ2) is 10.3. The van der Waals surface area contributed by atoms with Gasteiger partial charge in [0, 0.05) is 46.4 Å².